The highest BCUT2D eigenvalue weighted by atomic mass is 35.5. The molecule has 138 valence electrons. The first-order chi connectivity index (χ1) is 12.4. The van der Waals surface area contributed by atoms with Crippen LogP contribution in [0.3, 0.4) is 0 Å². The number of aromatic nitrogens is 1. The van der Waals surface area contributed by atoms with E-state index in [2.05, 4.69) is 16.8 Å². The lowest BCUT2D eigenvalue weighted by atomic mass is 10.0. The van der Waals surface area contributed by atoms with Gasteiger partial charge in [-0.15, -0.1) is 0 Å². The van der Waals surface area contributed by atoms with Gasteiger partial charge in [0.05, 0.1) is 4.90 Å². The summed E-state index contributed by atoms with van der Waals surface area (Å²) < 4.78 is 25.3. The predicted octanol–water partition coefficient (Wildman–Crippen LogP) is 3.68. The molecule has 0 saturated heterocycles. The maximum absolute atomic E-state index is 11.6. The van der Waals surface area contributed by atoms with Crippen LogP contribution < -0.4 is 10.5 Å². The molecule has 0 saturated carbocycles. The monoisotopic (exact) mass is 391 g/mol. The third-order valence-corrected chi connectivity index (χ3v) is 5.62. The van der Waals surface area contributed by atoms with Gasteiger partial charge in [0.2, 0.25) is 10.0 Å². The molecule has 5 nitrogen and oxygen atoms in total. The lowest BCUT2D eigenvalue weighted by Crippen LogP contribution is -2.25. The summed E-state index contributed by atoms with van der Waals surface area (Å²) in [6.07, 6.45) is 2.89. The normalized spacial score (nSPS) is 13.2. The van der Waals surface area contributed by atoms with Gasteiger partial charge in [-0.1, -0.05) is 30.7 Å². The molecular formula is C19H22ClN3O2S. The van der Waals surface area contributed by atoms with Crippen LogP contribution in [0.1, 0.15) is 24.9 Å². The van der Waals surface area contributed by atoms with E-state index in [0.717, 1.165) is 41.0 Å². The Morgan fingerprint density at radius 3 is 2.73 bits per heavy atom. The van der Waals surface area contributed by atoms with Gasteiger partial charge in [-0.05, 0) is 48.4 Å². The molecule has 0 radical (unpaired) electrons. The second kappa shape index (κ2) is 7.80. The number of nitrogens with one attached hydrogen (secondary N) is 1. The van der Waals surface area contributed by atoms with E-state index in [0.29, 0.717) is 0 Å². The average molecular weight is 392 g/mol. The molecule has 0 spiro atoms. The van der Waals surface area contributed by atoms with Gasteiger partial charge in [0.1, 0.15) is 0 Å². The smallest absolute Gasteiger partial charge is 0.238 e. The lowest BCUT2D eigenvalue weighted by molar-refractivity contribution is 0.495. The van der Waals surface area contributed by atoms with E-state index in [-0.39, 0.29) is 10.9 Å². The molecule has 1 aromatic heterocycles. The number of halogens is 1. The predicted molar refractivity (Wildman–Crippen MR) is 106 cm³/mol. The zero-order valence-electron chi connectivity index (χ0n) is 14.5. The highest BCUT2D eigenvalue weighted by Crippen LogP contribution is 2.21. The molecule has 26 heavy (non-hydrogen) atoms. The minimum atomic E-state index is -3.69. The minimum Gasteiger partial charge on any atom is -0.346 e. The van der Waals surface area contributed by atoms with E-state index >= 15 is 0 Å². The van der Waals surface area contributed by atoms with Gasteiger partial charge < -0.3 is 9.88 Å². The van der Waals surface area contributed by atoms with E-state index in [9.17, 15) is 8.42 Å². The Kier molecular flexibility index (Phi) is 5.67. The molecule has 1 atom stereocenters. The van der Waals surface area contributed by atoms with Crippen molar-refractivity contribution in [3.05, 3.63) is 65.3 Å². The second-order valence-electron chi connectivity index (χ2n) is 6.24. The van der Waals surface area contributed by atoms with Crippen molar-refractivity contribution in [2.24, 2.45) is 5.14 Å². The van der Waals surface area contributed by atoms with Gasteiger partial charge in [-0.2, -0.15) is 0 Å². The topological polar surface area (TPSA) is 77.1 Å². The van der Waals surface area contributed by atoms with E-state index < -0.39 is 10.0 Å². The summed E-state index contributed by atoms with van der Waals surface area (Å²) in [5.41, 5.74) is 2.06. The van der Waals surface area contributed by atoms with Crippen molar-refractivity contribution in [2.75, 3.05) is 6.54 Å². The number of sulfonamides is 1. The molecule has 3 N–H and O–H groups in total. The molecule has 3 rings (SSSR count). The second-order valence-corrected chi connectivity index (χ2v) is 8.24. The van der Waals surface area contributed by atoms with Crippen LogP contribution in [-0.4, -0.2) is 19.5 Å². The number of hydrogen-bond acceptors (Lipinski definition) is 3. The molecular weight excluding hydrogens is 370 g/mol. The van der Waals surface area contributed by atoms with E-state index in [1.807, 2.05) is 36.5 Å². The third kappa shape index (κ3) is 4.27. The Labute approximate surface area is 158 Å². The highest BCUT2D eigenvalue weighted by Gasteiger charge is 2.13. The van der Waals surface area contributed by atoms with Crippen LogP contribution in [0.15, 0.2) is 59.6 Å². The van der Waals surface area contributed by atoms with Gasteiger partial charge in [-0.25, -0.2) is 13.6 Å². The molecule has 0 amide bonds. The van der Waals surface area contributed by atoms with Gasteiger partial charge >= 0.3 is 0 Å². The Morgan fingerprint density at radius 1 is 1.19 bits per heavy atom. The zero-order chi connectivity index (χ0) is 18.7. The molecule has 1 heterocycles. The third-order valence-electron chi connectivity index (χ3n) is 4.47. The maximum atomic E-state index is 11.6. The maximum Gasteiger partial charge on any atom is 0.238 e. The number of nitrogens with zero attached hydrogens (tertiary/aromatic N) is 1. The van der Waals surface area contributed by atoms with Crippen molar-refractivity contribution in [1.82, 2.24) is 9.88 Å². The summed E-state index contributed by atoms with van der Waals surface area (Å²) in [7, 11) is -3.69. The number of hydrogen-bond donors (Lipinski definition) is 2. The number of fused-ring (bicyclic) bond motifs is 1. The van der Waals surface area contributed by atoms with Crippen molar-refractivity contribution < 1.29 is 8.42 Å². The fraction of sp³-hybridized carbons (Fsp3) is 0.263. The van der Waals surface area contributed by atoms with Crippen molar-refractivity contribution >= 4 is 32.5 Å². The minimum absolute atomic E-state index is 0.0629. The van der Waals surface area contributed by atoms with E-state index in [1.54, 1.807) is 12.1 Å². The molecule has 0 aliphatic rings. The van der Waals surface area contributed by atoms with Gasteiger partial charge in [0.25, 0.3) is 0 Å². The van der Waals surface area contributed by atoms with E-state index in [1.165, 1.54) is 6.07 Å². The van der Waals surface area contributed by atoms with Crippen LogP contribution in [0.5, 0.6) is 0 Å². The molecule has 0 fully saturated rings. The SMILES string of the molecule is CCC(NCCn1ccc2cc(Cl)ccc21)c1cccc(S(N)(=O)=O)c1. The summed E-state index contributed by atoms with van der Waals surface area (Å²) in [5, 5.41) is 10.6. The number of rotatable bonds is 7. The molecule has 3 aromatic rings. The number of primary sulfonamides is 1. The molecule has 1 unspecified atom stereocenters. The summed E-state index contributed by atoms with van der Waals surface area (Å²) in [4.78, 5) is 0.142. The first kappa shape index (κ1) is 18.9. The van der Waals surface area contributed by atoms with Crippen molar-refractivity contribution in [3.8, 4) is 0 Å². The summed E-state index contributed by atoms with van der Waals surface area (Å²) >= 11 is 6.03. The van der Waals surface area contributed by atoms with Crippen LogP contribution in [0.2, 0.25) is 5.02 Å². The van der Waals surface area contributed by atoms with Gasteiger partial charge in [0, 0.05) is 41.3 Å². The van der Waals surface area contributed by atoms with Crippen LogP contribution in [0, 0.1) is 0 Å². The van der Waals surface area contributed by atoms with Crippen LogP contribution in [-0.2, 0) is 16.6 Å². The summed E-state index contributed by atoms with van der Waals surface area (Å²) in [5.74, 6) is 0. The summed E-state index contributed by atoms with van der Waals surface area (Å²) in [6, 6.07) is 14.8. The number of benzene rings is 2. The first-order valence-electron chi connectivity index (χ1n) is 8.49. The lowest BCUT2D eigenvalue weighted by Gasteiger charge is -2.18. The van der Waals surface area contributed by atoms with Crippen molar-refractivity contribution in [3.63, 3.8) is 0 Å². The van der Waals surface area contributed by atoms with Gasteiger partial charge in [-0.3, -0.25) is 0 Å². The van der Waals surface area contributed by atoms with Crippen LogP contribution in [0.25, 0.3) is 10.9 Å². The Hall–Kier alpha value is -1.86. The Morgan fingerprint density at radius 2 is 2.00 bits per heavy atom. The molecule has 0 aliphatic carbocycles. The first-order valence-corrected chi connectivity index (χ1v) is 10.4. The molecule has 0 aliphatic heterocycles. The fourth-order valence-electron chi connectivity index (χ4n) is 3.13. The molecule has 0 bridgehead atoms. The van der Waals surface area contributed by atoms with E-state index in [4.69, 9.17) is 16.7 Å². The quantitative estimate of drug-likeness (QED) is 0.644. The Bertz CT molecular complexity index is 1010. The largest absolute Gasteiger partial charge is 0.346 e. The molecule has 7 heteroatoms. The van der Waals surface area contributed by atoms with Crippen LogP contribution >= 0.6 is 11.6 Å². The fourth-order valence-corrected chi connectivity index (χ4v) is 3.88. The average Bonchev–Trinajstić information content (AvgIpc) is 3.00. The zero-order valence-corrected chi connectivity index (χ0v) is 16.1. The summed E-state index contributed by atoms with van der Waals surface area (Å²) in [6.45, 7) is 3.62. The standard InChI is InChI=1S/C19H22ClN3O2S/c1-2-18(14-4-3-5-17(13-14)26(21,24)25)22-9-11-23-10-8-15-12-16(20)6-7-19(15)23/h3-8,10,12-13,18,22H,2,9,11H2,1H3,(H2,21,24,25). The van der Waals surface area contributed by atoms with Crippen molar-refractivity contribution in [1.29, 1.82) is 0 Å². The van der Waals surface area contributed by atoms with Gasteiger partial charge in [0.15, 0.2) is 0 Å². The van der Waals surface area contributed by atoms with Crippen LogP contribution in [0.4, 0.5) is 0 Å². The number of nitrogens with two attached hydrogens (primary N) is 1. The van der Waals surface area contributed by atoms with Crippen molar-refractivity contribution in [2.45, 2.75) is 30.8 Å². The highest BCUT2D eigenvalue weighted by molar-refractivity contribution is 7.89. The Balaban J connectivity index is 1.69. The molecule has 2 aromatic carbocycles.